The first-order valence-corrected chi connectivity index (χ1v) is 15.2. The minimum absolute atomic E-state index is 0.280. The minimum Gasteiger partial charge on any atom is -0.497 e. The van der Waals surface area contributed by atoms with Gasteiger partial charge >= 0.3 is 12.2 Å². The van der Waals surface area contributed by atoms with Crippen LogP contribution in [0, 0.1) is 13.8 Å². The van der Waals surface area contributed by atoms with Crippen LogP contribution in [0.1, 0.15) is 31.9 Å². The quantitative estimate of drug-likeness (QED) is 0.228. The summed E-state index contributed by atoms with van der Waals surface area (Å²) in [6.45, 7) is 12.0. The molecule has 1 fully saturated rings. The molecule has 11 nitrogen and oxygen atoms in total. The molecule has 4 aromatic rings. The molecule has 46 heavy (non-hydrogen) atoms. The SMILES string of the molecule is COc1ccc(N(C(=O)Oc2c(C)cccc2C)c2ccnc(Nc3ccc(N4CCN(C(=O)OC(C)(C)C)CC4)cc3)n2)cc1. The van der Waals surface area contributed by atoms with Crippen molar-refractivity contribution in [1.82, 2.24) is 14.9 Å². The van der Waals surface area contributed by atoms with Crippen molar-refractivity contribution < 1.29 is 23.8 Å². The highest BCUT2D eigenvalue weighted by molar-refractivity contribution is 5.96. The van der Waals surface area contributed by atoms with Gasteiger partial charge in [-0.15, -0.1) is 0 Å². The number of carbonyl (C=O) groups excluding carboxylic acids is 2. The number of aromatic nitrogens is 2. The molecule has 3 aromatic carbocycles. The van der Waals surface area contributed by atoms with Gasteiger partial charge < -0.3 is 29.3 Å². The third-order valence-corrected chi connectivity index (χ3v) is 7.40. The monoisotopic (exact) mass is 624 g/mol. The highest BCUT2D eigenvalue weighted by Gasteiger charge is 2.26. The van der Waals surface area contributed by atoms with E-state index in [4.69, 9.17) is 14.2 Å². The van der Waals surface area contributed by atoms with Gasteiger partial charge in [-0.1, -0.05) is 18.2 Å². The lowest BCUT2D eigenvalue weighted by atomic mass is 10.1. The fraction of sp³-hybridized carbons (Fsp3) is 0.314. The van der Waals surface area contributed by atoms with Gasteiger partial charge in [0.15, 0.2) is 0 Å². The topological polar surface area (TPSA) is 109 Å². The molecule has 0 radical (unpaired) electrons. The predicted molar refractivity (Wildman–Crippen MR) is 179 cm³/mol. The number of hydrogen-bond donors (Lipinski definition) is 1. The van der Waals surface area contributed by atoms with Crippen molar-refractivity contribution in [2.24, 2.45) is 0 Å². The van der Waals surface area contributed by atoms with Crippen molar-refractivity contribution >= 4 is 41.0 Å². The molecule has 0 atom stereocenters. The molecule has 1 aliphatic heterocycles. The van der Waals surface area contributed by atoms with Gasteiger partial charge in [0.05, 0.1) is 12.8 Å². The predicted octanol–water partition coefficient (Wildman–Crippen LogP) is 7.24. The number of rotatable bonds is 7. The second-order valence-corrected chi connectivity index (χ2v) is 12.0. The number of carbonyl (C=O) groups is 2. The maximum atomic E-state index is 13.7. The van der Waals surface area contributed by atoms with Gasteiger partial charge in [0.1, 0.15) is 22.9 Å². The molecule has 0 bridgehead atoms. The highest BCUT2D eigenvalue weighted by Crippen LogP contribution is 2.30. The Labute approximate surface area is 269 Å². The van der Waals surface area contributed by atoms with E-state index in [2.05, 4.69) is 20.2 Å². The van der Waals surface area contributed by atoms with Crippen LogP contribution in [0.25, 0.3) is 0 Å². The molecular weight excluding hydrogens is 584 g/mol. The summed E-state index contributed by atoms with van der Waals surface area (Å²) in [6.07, 6.45) is 0.702. The number of nitrogens with zero attached hydrogens (tertiary/aromatic N) is 5. The molecule has 2 amide bonds. The molecule has 5 rings (SSSR count). The van der Waals surface area contributed by atoms with E-state index in [9.17, 15) is 9.59 Å². The molecule has 11 heteroatoms. The molecule has 1 saturated heterocycles. The van der Waals surface area contributed by atoms with Crippen LogP contribution in [0.4, 0.5) is 38.4 Å². The van der Waals surface area contributed by atoms with E-state index in [0.717, 1.165) is 22.5 Å². The van der Waals surface area contributed by atoms with Gasteiger partial charge in [-0.05, 0) is 94.3 Å². The van der Waals surface area contributed by atoms with Crippen LogP contribution in [0.3, 0.4) is 0 Å². The number of hydrogen-bond acceptors (Lipinski definition) is 9. The van der Waals surface area contributed by atoms with Crippen LogP contribution in [-0.2, 0) is 4.74 Å². The Morgan fingerprint density at radius 1 is 0.870 bits per heavy atom. The van der Waals surface area contributed by atoms with E-state index in [1.807, 2.05) is 77.1 Å². The number of aryl methyl sites for hydroxylation is 2. The van der Waals surface area contributed by atoms with Crippen molar-refractivity contribution in [2.45, 2.75) is 40.2 Å². The summed E-state index contributed by atoms with van der Waals surface area (Å²) in [5.74, 6) is 1.81. The summed E-state index contributed by atoms with van der Waals surface area (Å²) in [5.41, 5.74) is 3.56. The molecule has 0 spiro atoms. The average molecular weight is 625 g/mol. The molecule has 240 valence electrons. The lowest BCUT2D eigenvalue weighted by Crippen LogP contribution is -2.50. The first-order chi connectivity index (χ1) is 22.0. The van der Waals surface area contributed by atoms with E-state index in [1.165, 1.54) is 4.90 Å². The Morgan fingerprint density at radius 3 is 2.13 bits per heavy atom. The maximum Gasteiger partial charge on any atom is 0.425 e. The number of ether oxygens (including phenoxy) is 3. The van der Waals surface area contributed by atoms with Crippen LogP contribution >= 0.6 is 0 Å². The number of anilines is 5. The first kappa shape index (κ1) is 32.1. The number of methoxy groups -OCH3 is 1. The standard InChI is InChI=1S/C35H40N6O5/c1-24-8-7-9-25(2)31(24)45-34(43)41(28-14-16-29(44-6)17-15-28)30-18-19-36-32(38-30)37-26-10-12-27(13-11-26)39-20-22-40(23-21-39)33(42)46-35(3,4)5/h7-19H,20-23H2,1-6H3,(H,36,37,38). The van der Waals surface area contributed by atoms with E-state index in [1.54, 1.807) is 48.5 Å². The second kappa shape index (κ2) is 13.8. The van der Waals surface area contributed by atoms with Gasteiger partial charge in [-0.2, -0.15) is 4.98 Å². The molecular formula is C35H40N6O5. The van der Waals surface area contributed by atoms with E-state index in [-0.39, 0.29) is 6.09 Å². The number of nitrogens with one attached hydrogen (secondary N) is 1. The smallest absolute Gasteiger partial charge is 0.425 e. The molecule has 0 unspecified atom stereocenters. The summed E-state index contributed by atoms with van der Waals surface area (Å²) < 4.78 is 16.7. The van der Waals surface area contributed by atoms with Crippen LogP contribution in [0.15, 0.2) is 79.0 Å². The van der Waals surface area contributed by atoms with Gasteiger partial charge in [-0.3, -0.25) is 0 Å². The third kappa shape index (κ3) is 7.84. The molecule has 2 heterocycles. The Hall–Kier alpha value is -5.32. The van der Waals surface area contributed by atoms with Crippen molar-refractivity contribution in [3.8, 4) is 11.5 Å². The first-order valence-electron chi connectivity index (χ1n) is 15.2. The Kier molecular flexibility index (Phi) is 9.60. The summed E-state index contributed by atoms with van der Waals surface area (Å²) >= 11 is 0. The van der Waals surface area contributed by atoms with Gasteiger partial charge in [0, 0.05) is 49.8 Å². The Morgan fingerprint density at radius 2 is 1.52 bits per heavy atom. The zero-order chi connectivity index (χ0) is 32.8. The maximum absolute atomic E-state index is 13.7. The number of para-hydroxylation sites is 1. The fourth-order valence-corrected chi connectivity index (χ4v) is 5.05. The molecule has 0 saturated carbocycles. The van der Waals surface area contributed by atoms with Gasteiger partial charge in [0.25, 0.3) is 0 Å². The molecule has 0 aliphatic carbocycles. The van der Waals surface area contributed by atoms with E-state index in [0.29, 0.717) is 55.1 Å². The van der Waals surface area contributed by atoms with Crippen molar-refractivity contribution in [3.63, 3.8) is 0 Å². The van der Waals surface area contributed by atoms with Crippen LogP contribution in [0.2, 0.25) is 0 Å². The van der Waals surface area contributed by atoms with E-state index < -0.39 is 11.7 Å². The fourth-order valence-electron chi connectivity index (χ4n) is 5.05. The molecule has 1 N–H and O–H groups in total. The van der Waals surface area contributed by atoms with Crippen LogP contribution < -0.4 is 24.6 Å². The lowest BCUT2D eigenvalue weighted by molar-refractivity contribution is 0.0240. The van der Waals surface area contributed by atoms with Crippen molar-refractivity contribution in [1.29, 1.82) is 0 Å². The van der Waals surface area contributed by atoms with Crippen molar-refractivity contribution in [2.75, 3.05) is 48.4 Å². The number of benzene rings is 3. The summed E-state index contributed by atoms with van der Waals surface area (Å²) in [5, 5.41) is 3.24. The number of amides is 2. The van der Waals surface area contributed by atoms with Crippen LogP contribution in [-0.4, -0.2) is 65.9 Å². The van der Waals surface area contributed by atoms with E-state index >= 15 is 0 Å². The zero-order valence-electron chi connectivity index (χ0n) is 27.1. The molecule has 1 aromatic heterocycles. The normalized spacial score (nSPS) is 13.2. The largest absolute Gasteiger partial charge is 0.497 e. The Balaban J connectivity index is 1.30. The molecule has 1 aliphatic rings. The second-order valence-electron chi connectivity index (χ2n) is 12.0. The van der Waals surface area contributed by atoms with Gasteiger partial charge in [-0.25, -0.2) is 19.5 Å². The lowest BCUT2D eigenvalue weighted by Gasteiger charge is -2.36. The average Bonchev–Trinajstić information content (AvgIpc) is 3.03. The number of piperazine rings is 1. The van der Waals surface area contributed by atoms with Crippen molar-refractivity contribution in [3.05, 3.63) is 90.1 Å². The summed E-state index contributed by atoms with van der Waals surface area (Å²) in [6, 6.07) is 22.4. The summed E-state index contributed by atoms with van der Waals surface area (Å²) in [4.78, 5) is 40.6. The summed E-state index contributed by atoms with van der Waals surface area (Å²) in [7, 11) is 1.59. The highest BCUT2D eigenvalue weighted by atomic mass is 16.6. The third-order valence-electron chi connectivity index (χ3n) is 7.40. The minimum atomic E-state index is -0.608. The zero-order valence-corrected chi connectivity index (χ0v) is 27.1. The Bertz CT molecular complexity index is 1640. The van der Waals surface area contributed by atoms with Gasteiger partial charge in [0.2, 0.25) is 5.95 Å². The van der Waals surface area contributed by atoms with Crippen LogP contribution in [0.5, 0.6) is 11.5 Å².